The maximum atomic E-state index is 13.2. The van der Waals surface area contributed by atoms with Crippen LogP contribution in [0, 0.1) is 0 Å². The molecule has 0 saturated heterocycles. The number of carbonyl (C=O) groups excluding carboxylic acids is 2. The van der Waals surface area contributed by atoms with Gasteiger partial charge in [-0.2, -0.15) is 0 Å². The van der Waals surface area contributed by atoms with Gasteiger partial charge in [-0.15, -0.1) is 0 Å². The summed E-state index contributed by atoms with van der Waals surface area (Å²) in [7, 11) is 1.60. The number of aryl methyl sites for hydroxylation is 1. The number of methoxy groups -OCH3 is 1. The maximum absolute atomic E-state index is 13.2. The summed E-state index contributed by atoms with van der Waals surface area (Å²) >= 11 is 0. The van der Waals surface area contributed by atoms with Crippen LogP contribution in [0.2, 0.25) is 0 Å². The second kappa shape index (κ2) is 12.6. The number of hydrogen-bond donors (Lipinski definition) is 1. The van der Waals surface area contributed by atoms with Crippen LogP contribution in [-0.4, -0.2) is 43.0 Å². The highest BCUT2D eigenvalue weighted by Crippen LogP contribution is 2.18. The summed E-state index contributed by atoms with van der Waals surface area (Å²) in [6.07, 6.45) is 2.29. The lowest BCUT2D eigenvalue weighted by Gasteiger charge is -2.30. The van der Waals surface area contributed by atoms with Gasteiger partial charge < -0.3 is 19.7 Å². The molecule has 2 rings (SSSR count). The molecule has 6 heteroatoms. The minimum absolute atomic E-state index is 0.132. The molecular formula is C25H34N2O4. The average Bonchev–Trinajstić information content (AvgIpc) is 2.81. The predicted molar refractivity (Wildman–Crippen MR) is 122 cm³/mol. The fourth-order valence-corrected chi connectivity index (χ4v) is 3.30. The summed E-state index contributed by atoms with van der Waals surface area (Å²) in [5.41, 5.74) is 2.10. The minimum Gasteiger partial charge on any atom is -0.497 e. The van der Waals surface area contributed by atoms with Crippen molar-refractivity contribution >= 4 is 11.8 Å². The third-order valence-electron chi connectivity index (χ3n) is 5.12. The molecule has 2 aromatic carbocycles. The van der Waals surface area contributed by atoms with Crippen molar-refractivity contribution in [3.05, 3.63) is 59.7 Å². The number of rotatable bonds is 12. The molecule has 0 fully saturated rings. The van der Waals surface area contributed by atoms with Gasteiger partial charge in [0.05, 0.1) is 7.11 Å². The number of benzene rings is 2. The summed E-state index contributed by atoms with van der Waals surface area (Å²) in [6, 6.07) is 14.7. The third kappa shape index (κ3) is 7.31. The Labute approximate surface area is 185 Å². The smallest absolute Gasteiger partial charge is 0.261 e. The van der Waals surface area contributed by atoms with Crippen molar-refractivity contribution in [2.24, 2.45) is 0 Å². The second-order valence-electron chi connectivity index (χ2n) is 7.37. The molecule has 0 bridgehead atoms. The molecule has 0 aliphatic heterocycles. The Kier molecular flexibility index (Phi) is 9.88. The van der Waals surface area contributed by atoms with Crippen molar-refractivity contribution in [2.75, 3.05) is 20.3 Å². The molecule has 0 aromatic heterocycles. The Morgan fingerprint density at radius 2 is 1.74 bits per heavy atom. The van der Waals surface area contributed by atoms with E-state index in [0.29, 0.717) is 31.0 Å². The van der Waals surface area contributed by atoms with E-state index >= 15 is 0 Å². The number of ether oxygens (including phenoxy) is 2. The van der Waals surface area contributed by atoms with Crippen molar-refractivity contribution in [3.8, 4) is 11.5 Å². The quantitative estimate of drug-likeness (QED) is 0.558. The molecule has 2 aromatic rings. The second-order valence-corrected chi connectivity index (χ2v) is 7.37. The number of amides is 2. The van der Waals surface area contributed by atoms with E-state index in [1.165, 1.54) is 5.56 Å². The van der Waals surface area contributed by atoms with Crippen LogP contribution < -0.4 is 14.8 Å². The van der Waals surface area contributed by atoms with Crippen molar-refractivity contribution < 1.29 is 19.1 Å². The lowest BCUT2D eigenvalue weighted by Crippen LogP contribution is -2.50. The average molecular weight is 427 g/mol. The molecular weight excluding hydrogens is 392 g/mol. The highest BCUT2D eigenvalue weighted by molar-refractivity contribution is 5.88. The van der Waals surface area contributed by atoms with Crippen LogP contribution in [0.15, 0.2) is 48.5 Å². The fraction of sp³-hybridized carbons (Fsp3) is 0.440. The molecule has 168 valence electrons. The first-order chi connectivity index (χ1) is 15.0. The van der Waals surface area contributed by atoms with Crippen LogP contribution in [0.5, 0.6) is 11.5 Å². The molecule has 0 radical (unpaired) electrons. The summed E-state index contributed by atoms with van der Waals surface area (Å²) in [5, 5.41) is 2.92. The molecule has 1 atom stereocenters. The van der Waals surface area contributed by atoms with Gasteiger partial charge in [-0.1, -0.05) is 45.0 Å². The third-order valence-corrected chi connectivity index (χ3v) is 5.12. The van der Waals surface area contributed by atoms with Crippen molar-refractivity contribution in [1.29, 1.82) is 0 Å². The van der Waals surface area contributed by atoms with Crippen LogP contribution in [0.3, 0.4) is 0 Å². The Balaban J connectivity index is 2.18. The van der Waals surface area contributed by atoms with Gasteiger partial charge in [0.15, 0.2) is 6.61 Å². The Morgan fingerprint density at radius 1 is 1.00 bits per heavy atom. The summed E-state index contributed by atoms with van der Waals surface area (Å²) in [6.45, 7) is 6.74. The molecule has 0 aliphatic rings. The van der Waals surface area contributed by atoms with Crippen molar-refractivity contribution in [2.45, 2.75) is 52.6 Å². The number of nitrogens with zero attached hydrogens (tertiary/aromatic N) is 1. The lowest BCUT2D eigenvalue weighted by atomic mass is 10.1. The Hall–Kier alpha value is -3.02. The Bertz CT molecular complexity index is 836. The standard InChI is InChI=1S/C25H34N2O4/c1-5-15-26-25(29)23(7-3)27(17-20-9-8-10-22(16-20)30-4)24(28)18-31-21-13-11-19(6-2)12-14-21/h8-14,16,23H,5-7,15,17-18H2,1-4H3,(H,26,29). The largest absolute Gasteiger partial charge is 0.497 e. The zero-order chi connectivity index (χ0) is 22.6. The van der Waals surface area contributed by atoms with Crippen molar-refractivity contribution in [1.82, 2.24) is 10.2 Å². The topological polar surface area (TPSA) is 67.9 Å². The minimum atomic E-state index is -0.573. The molecule has 31 heavy (non-hydrogen) atoms. The highest BCUT2D eigenvalue weighted by Gasteiger charge is 2.28. The molecule has 1 N–H and O–H groups in total. The van der Waals surface area contributed by atoms with Gasteiger partial charge in [-0.05, 0) is 54.7 Å². The summed E-state index contributed by atoms with van der Waals surface area (Å²) in [5.74, 6) is 0.963. The van der Waals surface area contributed by atoms with Crippen LogP contribution in [0.1, 0.15) is 44.7 Å². The fourth-order valence-electron chi connectivity index (χ4n) is 3.30. The van der Waals surface area contributed by atoms with Gasteiger partial charge >= 0.3 is 0 Å². The SMILES string of the molecule is CCCNC(=O)C(CC)N(Cc1cccc(OC)c1)C(=O)COc1ccc(CC)cc1. The van der Waals surface area contributed by atoms with E-state index in [0.717, 1.165) is 18.4 Å². The van der Waals surface area contributed by atoms with E-state index in [1.807, 2.05) is 62.4 Å². The molecule has 0 spiro atoms. The predicted octanol–water partition coefficient (Wildman–Crippen LogP) is 3.97. The molecule has 0 saturated carbocycles. The lowest BCUT2D eigenvalue weighted by molar-refractivity contribution is -0.143. The van der Waals surface area contributed by atoms with Crippen LogP contribution in [-0.2, 0) is 22.6 Å². The van der Waals surface area contributed by atoms with Gasteiger partial charge in [0.25, 0.3) is 5.91 Å². The summed E-state index contributed by atoms with van der Waals surface area (Å²) < 4.78 is 11.0. The van der Waals surface area contributed by atoms with Gasteiger partial charge in [0, 0.05) is 13.1 Å². The number of hydrogen-bond acceptors (Lipinski definition) is 4. The zero-order valence-corrected chi connectivity index (χ0v) is 19.0. The van der Waals surface area contributed by atoms with Crippen LogP contribution in [0.4, 0.5) is 0 Å². The number of carbonyl (C=O) groups is 2. The van der Waals surface area contributed by atoms with E-state index in [9.17, 15) is 9.59 Å². The highest BCUT2D eigenvalue weighted by atomic mass is 16.5. The normalized spacial score (nSPS) is 11.5. The zero-order valence-electron chi connectivity index (χ0n) is 19.0. The van der Waals surface area contributed by atoms with E-state index in [2.05, 4.69) is 12.2 Å². The monoisotopic (exact) mass is 426 g/mol. The summed E-state index contributed by atoms with van der Waals surface area (Å²) in [4.78, 5) is 27.5. The van der Waals surface area contributed by atoms with Gasteiger partial charge in [0.1, 0.15) is 17.5 Å². The first-order valence-electron chi connectivity index (χ1n) is 10.9. The van der Waals surface area contributed by atoms with E-state index in [1.54, 1.807) is 12.0 Å². The Morgan fingerprint density at radius 3 is 2.35 bits per heavy atom. The molecule has 2 amide bonds. The van der Waals surface area contributed by atoms with Crippen molar-refractivity contribution in [3.63, 3.8) is 0 Å². The molecule has 0 heterocycles. The maximum Gasteiger partial charge on any atom is 0.261 e. The van der Waals surface area contributed by atoms with Gasteiger partial charge in [-0.25, -0.2) is 0 Å². The van der Waals surface area contributed by atoms with E-state index < -0.39 is 6.04 Å². The van der Waals surface area contributed by atoms with Crippen LogP contribution in [0.25, 0.3) is 0 Å². The van der Waals surface area contributed by atoms with Gasteiger partial charge in [0.2, 0.25) is 5.91 Å². The number of nitrogens with one attached hydrogen (secondary N) is 1. The molecule has 6 nitrogen and oxygen atoms in total. The van der Waals surface area contributed by atoms with E-state index in [-0.39, 0.29) is 18.4 Å². The first-order valence-corrected chi connectivity index (χ1v) is 10.9. The van der Waals surface area contributed by atoms with Gasteiger partial charge in [-0.3, -0.25) is 9.59 Å². The first kappa shape index (κ1) is 24.3. The molecule has 0 aliphatic carbocycles. The van der Waals surface area contributed by atoms with Crippen LogP contribution >= 0.6 is 0 Å². The van der Waals surface area contributed by atoms with E-state index in [4.69, 9.17) is 9.47 Å². The molecule has 1 unspecified atom stereocenters.